The molecule has 2 aromatic carbocycles. The Hall–Kier alpha value is -3.33. The number of hydrogen-bond donors (Lipinski definition) is 2. The van der Waals surface area contributed by atoms with E-state index >= 15 is 0 Å². The number of nitrogens with one attached hydrogen (secondary N) is 1. The van der Waals surface area contributed by atoms with Crippen molar-refractivity contribution in [1.82, 2.24) is 4.98 Å². The molecular formula is C24H28N4O4S. The Kier molecular flexibility index (Phi) is 6.42. The second kappa shape index (κ2) is 9.27. The molecule has 4 rings (SSSR count). The fourth-order valence-corrected chi connectivity index (χ4v) is 5.47. The Morgan fingerprint density at radius 3 is 2.61 bits per heavy atom. The van der Waals surface area contributed by atoms with Crippen LogP contribution in [0.1, 0.15) is 26.7 Å². The number of carbonyl (C=O) groups excluding carboxylic acids is 1. The SMILES string of the molecule is CC(C)C[C@H](Oc1ccc2ccnc(N)c2c1)C(=O)Nc1ccc(N2CCCS2(=O)=O)cc1. The van der Waals surface area contributed by atoms with Crippen molar-refractivity contribution >= 4 is 43.9 Å². The lowest BCUT2D eigenvalue weighted by Crippen LogP contribution is -2.34. The minimum atomic E-state index is -3.24. The van der Waals surface area contributed by atoms with Crippen LogP contribution in [0.5, 0.6) is 5.75 Å². The summed E-state index contributed by atoms with van der Waals surface area (Å²) in [4.78, 5) is 17.2. The number of amides is 1. The lowest BCUT2D eigenvalue weighted by molar-refractivity contribution is -0.123. The maximum absolute atomic E-state index is 13.0. The van der Waals surface area contributed by atoms with Gasteiger partial charge in [0.15, 0.2) is 6.10 Å². The van der Waals surface area contributed by atoms with Crippen molar-refractivity contribution in [2.45, 2.75) is 32.8 Å². The van der Waals surface area contributed by atoms with Gasteiger partial charge in [-0.2, -0.15) is 0 Å². The first-order valence-corrected chi connectivity index (χ1v) is 12.6. The molecule has 0 spiro atoms. The molecule has 1 saturated heterocycles. The van der Waals surface area contributed by atoms with E-state index in [0.29, 0.717) is 42.3 Å². The summed E-state index contributed by atoms with van der Waals surface area (Å²) >= 11 is 0. The fourth-order valence-electron chi connectivity index (χ4n) is 3.91. The number of rotatable bonds is 7. The highest BCUT2D eigenvalue weighted by atomic mass is 32.2. The number of carbonyl (C=O) groups is 1. The van der Waals surface area contributed by atoms with Crippen molar-refractivity contribution in [3.8, 4) is 5.75 Å². The van der Waals surface area contributed by atoms with E-state index in [1.165, 1.54) is 4.31 Å². The maximum Gasteiger partial charge on any atom is 0.265 e. The summed E-state index contributed by atoms with van der Waals surface area (Å²) in [5.74, 6) is 1.07. The predicted molar refractivity (Wildman–Crippen MR) is 131 cm³/mol. The predicted octanol–water partition coefficient (Wildman–Crippen LogP) is 3.79. The molecule has 3 aromatic rings. The van der Waals surface area contributed by atoms with E-state index in [0.717, 1.165) is 10.8 Å². The lowest BCUT2D eigenvalue weighted by atomic mass is 10.0. The average Bonchev–Trinajstić information content (AvgIpc) is 3.13. The number of nitrogens with two attached hydrogens (primary N) is 1. The Bertz CT molecular complexity index is 1260. The molecule has 1 fully saturated rings. The fraction of sp³-hybridized carbons (Fsp3) is 0.333. The van der Waals surface area contributed by atoms with Gasteiger partial charge in [-0.25, -0.2) is 13.4 Å². The number of anilines is 3. The van der Waals surface area contributed by atoms with Gasteiger partial charge in [-0.15, -0.1) is 0 Å². The molecule has 1 aliphatic rings. The molecule has 1 aliphatic heterocycles. The average molecular weight is 469 g/mol. The Morgan fingerprint density at radius 2 is 1.94 bits per heavy atom. The Labute approximate surface area is 193 Å². The van der Waals surface area contributed by atoms with E-state index in [2.05, 4.69) is 10.3 Å². The third-order valence-electron chi connectivity index (χ3n) is 5.55. The second-order valence-corrected chi connectivity index (χ2v) is 10.6. The molecule has 8 nitrogen and oxygen atoms in total. The van der Waals surface area contributed by atoms with E-state index in [1.54, 1.807) is 36.5 Å². The van der Waals surface area contributed by atoms with Crippen LogP contribution in [0, 0.1) is 5.92 Å². The lowest BCUT2D eigenvalue weighted by Gasteiger charge is -2.21. The smallest absolute Gasteiger partial charge is 0.265 e. The number of benzene rings is 2. The minimum Gasteiger partial charge on any atom is -0.481 e. The largest absolute Gasteiger partial charge is 0.481 e. The van der Waals surface area contributed by atoms with Crippen molar-refractivity contribution in [2.75, 3.05) is 27.7 Å². The summed E-state index contributed by atoms with van der Waals surface area (Å²) in [6, 6.07) is 14.2. The van der Waals surface area contributed by atoms with Gasteiger partial charge < -0.3 is 15.8 Å². The Morgan fingerprint density at radius 1 is 1.18 bits per heavy atom. The number of aromatic nitrogens is 1. The van der Waals surface area contributed by atoms with E-state index in [9.17, 15) is 13.2 Å². The molecule has 0 radical (unpaired) electrons. The van der Waals surface area contributed by atoms with Crippen LogP contribution in [0.3, 0.4) is 0 Å². The topological polar surface area (TPSA) is 115 Å². The van der Waals surface area contributed by atoms with Gasteiger partial charge in [0.25, 0.3) is 5.91 Å². The molecule has 0 bridgehead atoms. The van der Waals surface area contributed by atoms with Crippen molar-refractivity contribution in [3.05, 3.63) is 54.7 Å². The monoisotopic (exact) mass is 468 g/mol. The van der Waals surface area contributed by atoms with Crippen molar-refractivity contribution in [3.63, 3.8) is 0 Å². The minimum absolute atomic E-state index is 0.163. The molecule has 9 heteroatoms. The molecule has 33 heavy (non-hydrogen) atoms. The molecule has 174 valence electrons. The van der Waals surface area contributed by atoms with Crippen LogP contribution in [0.2, 0.25) is 0 Å². The Balaban J connectivity index is 1.49. The summed E-state index contributed by atoms with van der Waals surface area (Å²) in [7, 11) is -3.24. The van der Waals surface area contributed by atoms with E-state index in [-0.39, 0.29) is 17.6 Å². The van der Waals surface area contributed by atoms with Gasteiger partial charge in [-0.3, -0.25) is 9.10 Å². The zero-order chi connectivity index (χ0) is 23.6. The molecule has 1 atom stereocenters. The van der Waals surface area contributed by atoms with Gasteiger partial charge in [0.05, 0.1) is 11.4 Å². The van der Waals surface area contributed by atoms with Crippen LogP contribution in [0.25, 0.3) is 10.8 Å². The van der Waals surface area contributed by atoms with Crippen molar-refractivity contribution in [2.24, 2.45) is 5.92 Å². The van der Waals surface area contributed by atoms with Crippen LogP contribution in [0.15, 0.2) is 54.7 Å². The number of ether oxygens (including phenoxy) is 1. The highest BCUT2D eigenvalue weighted by Gasteiger charge is 2.28. The number of nitrogen functional groups attached to an aromatic ring is 1. The second-order valence-electron chi connectivity index (χ2n) is 8.59. The third-order valence-corrected chi connectivity index (χ3v) is 7.42. The van der Waals surface area contributed by atoms with Gasteiger partial charge in [0.2, 0.25) is 10.0 Å². The van der Waals surface area contributed by atoms with Crippen LogP contribution in [0.4, 0.5) is 17.2 Å². The molecule has 1 amide bonds. The van der Waals surface area contributed by atoms with E-state index in [1.807, 2.05) is 32.0 Å². The molecule has 3 N–H and O–H groups in total. The highest BCUT2D eigenvalue weighted by Crippen LogP contribution is 2.27. The number of hydrogen-bond acceptors (Lipinski definition) is 6. The van der Waals surface area contributed by atoms with Gasteiger partial charge in [0, 0.05) is 23.8 Å². The van der Waals surface area contributed by atoms with Gasteiger partial charge in [-0.05, 0) is 66.6 Å². The summed E-state index contributed by atoms with van der Waals surface area (Å²) in [6.07, 6.45) is 2.08. The summed E-state index contributed by atoms with van der Waals surface area (Å²) in [6.45, 7) is 4.53. The first kappa shape index (κ1) is 22.8. The zero-order valence-electron chi connectivity index (χ0n) is 18.7. The first-order chi connectivity index (χ1) is 15.7. The number of fused-ring (bicyclic) bond motifs is 1. The summed E-state index contributed by atoms with van der Waals surface area (Å²) < 4.78 is 31.7. The van der Waals surface area contributed by atoms with Gasteiger partial charge >= 0.3 is 0 Å². The quantitative estimate of drug-likeness (QED) is 0.545. The molecule has 2 heterocycles. The van der Waals surface area contributed by atoms with E-state index < -0.39 is 16.1 Å². The summed E-state index contributed by atoms with van der Waals surface area (Å²) in [5.41, 5.74) is 7.16. The molecule has 0 unspecified atom stereocenters. The zero-order valence-corrected chi connectivity index (χ0v) is 19.5. The van der Waals surface area contributed by atoms with Crippen LogP contribution in [-0.4, -0.2) is 37.7 Å². The highest BCUT2D eigenvalue weighted by molar-refractivity contribution is 7.93. The van der Waals surface area contributed by atoms with Crippen LogP contribution < -0.4 is 20.1 Å². The maximum atomic E-state index is 13.0. The normalized spacial score (nSPS) is 16.2. The first-order valence-electron chi connectivity index (χ1n) is 11.0. The van der Waals surface area contributed by atoms with Crippen LogP contribution >= 0.6 is 0 Å². The summed E-state index contributed by atoms with van der Waals surface area (Å²) in [5, 5.41) is 4.60. The van der Waals surface area contributed by atoms with Crippen molar-refractivity contribution in [1.29, 1.82) is 0 Å². The molecule has 1 aromatic heterocycles. The standard InChI is InChI=1S/C24H28N4O4S/c1-16(2)14-22(32-20-9-4-17-10-11-26-23(25)21(17)15-20)24(29)27-18-5-7-19(8-6-18)28-12-3-13-33(28,30)31/h4-11,15-16,22H,3,12-14H2,1-2H3,(H2,25,26)(H,27,29)/t22-/m0/s1. The van der Waals surface area contributed by atoms with Gasteiger partial charge in [-0.1, -0.05) is 19.9 Å². The molecule has 0 aliphatic carbocycles. The molecule has 0 saturated carbocycles. The van der Waals surface area contributed by atoms with Gasteiger partial charge in [0.1, 0.15) is 11.6 Å². The van der Waals surface area contributed by atoms with Crippen molar-refractivity contribution < 1.29 is 17.9 Å². The number of pyridine rings is 1. The molecular weight excluding hydrogens is 440 g/mol. The van der Waals surface area contributed by atoms with Crippen LogP contribution in [-0.2, 0) is 14.8 Å². The third kappa shape index (κ3) is 5.19. The number of nitrogens with zero attached hydrogens (tertiary/aromatic N) is 2. The van der Waals surface area contributed by atoms with E-state index in [4.69, 9.17) is 10.5 Å². The number of sulfonamides is 1.